The second kappa shape index (κ2) is 5.50. The van der Waals surface area contributed by atoms with E-state index in [0.29, 0.717) is 15.1 Å². The first-order valence-electron chi connectivity index (χ1n) is 5.45. The molecular formula is C14H12Cl3N. The molecule has 0 aliphatic heterocycles. The van der Waals surface area contributed by atoms with Gasteiger partial charge in [-0.15, -0.1) is 0 Å². The fraction of sp³-hybridized carbons (Fsp3) is 0.143. The number of hydrogen-bond acceptors (Lipinski definition) is 1. The van der Waals surface area contributed by atoms with Crippen LogP contribution in [0, 0.1) is 6.92 Å². The Kier molecular flexibility index (Phi) is 4.18. The van der Waals surface area contributed by atoms with Gasteiger partial charge >= 0.3 is 0 Å². The first-order chi connectivity index (χ1) is 8.47. The fourth-order valence-electron chi connectivity index (χ4n) is 1.84. The van der Waals surface area contributed by atoms with Crippen molar-refractivity contribution in [3.63, 3.8) is 0 Å². The second-order valence-electron chi connectivity index (χ2n) is 4.21. The lowest BCUT2D eigenvalue weighted by atomic mass is 9.98. The molecule has 1 nitrogen and oxygen atoms in total. The standard InChI is InChI=1S/C14H12Cl3N/c1-8-4-10(6-11(15)5-8)14(18)9-2-3-12(16)13(17)7-9/h2-7,14H,18H2,1H3. The second-order valence-corrected chi connectivity index (χ2v) is 5.46. The van der Waals surface area contributed by atoms with Crippen molar-refractivity contribution in [2.24, 2.45) is 5.73 Å². The van der Waals surface area contributed by atoms with Crippen LogP contribution in [0.15, 0.2) is 36.4 Å². The molecule has 1 atom stereocenters. The van der Waals surface area contributed by atoms with Gasteiger partial charge in [0, 0.05) is 5.02 Å². The minimum Gasteiger partial charge on any atom is -0.320 e. The first kappa shape index (κ1) is 13.7. The van der Waals surface area contributed by atoms with Crippen LogP contribution in [0.25, 0.3) is 0 Å². The van der Waals surface area contributed by atoms with E-state index in [1.807, 2.05) is 31.2 Å². The molecule has 0 bridgehead atoms. The van der Waals surface area contributed by atoms with Crippen LogP contribution >= 0.6 is 34.8 Å². The number of hydrogen-bond donors (Lipinski definition) is 1. The molecule has 2 N–H and O–H groups in total. The van der Waals surface area contributed by atoms with E-state index in [1.54, 1.807) is 12.1 Å². The maximum atomic E-state index is 6.21. The predicted octanol–water partition coefficient (Wildman–Crippen LogP) is 5.00. The van der Waals surface area contributed by atoms with Crippen LogP contribution in [0.3, 0.4) is 0 Å². The molecule has 1 unspecified atom stereocenters. The van der Waals surface area contributed by atoms with Gasteiger partial charge < -0.3 is 5.73 Å². The highest BCUT2D eigenvalue weighted by molar-refractivity contribution is 6.42. The van der Waals surface area contributed by atoms with Gasteiger partial charge in [0.2, 0.25) is 0 Å². The normalized spacial score (nSPS) is 12.5. The molecule has 4 heteroatoms. The lowest BCUT2D eigenvalue weighted by molar-refractivity contribution is 0.870. The van der Waals surface area contributed by atoms with Gasteiger partial charge in [-0.2, -0.15) is 0 Å². The molecule has 0 aromatic heterocycles. The van der Waals surface area contributed by atoms with Gasteiger partial charge in [-0.25, -0.2) is 0 Å². The Morgan fingerprint density at radius 1 is 0.889 bits per heavy atom. The van der Waals surface area contributed by atoms with Gasteiger partial charge in [0.05, 0.1) is 16.1 Å². The zero-order valence-corrected chi connectivity index (χ0v) is 12.0. The zero-order valence-electron chi connectivity index (χ0n) is 9.75. The van der Waals surface area contributed by atoms with Crippen molar-refractivity contribution in [3.05, 3.63) is 68.2 Å². The minimum atomic E-state index is -0.267. The summed E-state index contributed by atoms with van der Waals surface area (Å²) in [5.41, 5.74) is 9.15. The molecule has 0 saturated carbocycles. The fourth-order valence-corrected chi connectivity index (χ4v) is 2.45. The Morgan fingerprint density at radius 3 is 2.22 bits per heavy atom. The molecule has 0 amide bonds. The largest absolute Gasteiger partial charge is 0.320 e. The van der Waals surface area contributed by atoms with Crippen LogP contribution in [0.1, 0.15) is 22.7 Å². The lowest BCUT2D eigenvalue weighted by Crippen LogP contribution is -2.12. The highest BCUT2D eigenvalue weighted by Crippen LogP contribution is 2.29. The Hall–Kier alpha value is -0.730. The van der Waals surface area contributed by atoms with Crippen molar-refractivity contribution < 1.29 is 0 Å². The van der Waals surface area contributed by atoms with Crippen LogP contribution in [0.5, 0.6) is 0 Å². The molecule has 0 heterocycles. The predicted molar refractivity (Wildman–Crippen MR) is 78.7 cm³/mol. The molecule has 0 aliphatic carbocycles. The summed E-state index contributed by atoms with van der Waals surface area (Å²) in [5.74, 6) is 0. The van der Waals surface area contributed by atoms with Crippen molar-refractivity contribution in [2.75, 3.05) is 0 Å². The van der Waals surface area contributed by atoms with Gasteiger partial charge in [-0.05, 0) is 47.9 Å². The molecule has 0 fully saturated rings. The summed E-state index contributed by atoms with van der Waals surface area (Å²) in [4.78, 5) is 0. The summed E-state index contributed by atoms with van der Waals surface area (Å²) in [5, 5.41) is 1.71. The topological polar surface area (TPSA) is 26.0 Å². The first-order valence-corrected chi connectivity index (χ1v) is 6.58. The highest BCUT2D eigenvalue weighted by atomic mass is 35.5. The molecule has 94 valence electrons. The monoisotopic (exact) mass is 299 g/mol. The third kappa shape index (κ3) is 2.99. The Balaban J connectivity index is 2.40. The van der Waals surface area contributed by atoms with Crippen LogP contribution in [0.4, 0.5) is 0 Å². The van der Waals surface area contributed by atoms with Gasteiger partial charge in [0.25, 0.3) is 0 Å². The van der Waals surface area contributed by atoms with Gasteiger partial charge in [-0.3, -0.25) is 0 Å². The Bertz CT molecular complexity index is 561. The molecule has 0 radical (unpaired) electrons. The van der Waals surface area contributed by atoms with E-state index in [1.165, 1.54) is 0 Å². The quantitative estimate of drug-likeness (QED) is 0.829. The highest BCUT2D eigenvalue weighted by Gasteiger charge is 2.11. The van der Waals surface area contributed by atoms with Crippen LogP contribution in [0.2, 0.25) is 15.1 Å². The number of halogens is 3. The van der Waals surface area contributed by atoms with E-state index < -0.39 is 0 Å². The van der Waals surface area contributed by atoms with Crippen molar-refractivity contribution in [2.45, 2.75) is 13.0 Å². The summed E-state index contributed by atoms with van der Waals surface area (Å²) in [6.07, 6.45) is 0. The molecule has 0 saturated heterocycles. The van der Waals surface area contributed by atoms with Gasteiger partial charge in [0.1, 0.15) is 0 Å². The average molecular weight is 301 g/mol. The van der Waals surface area contributed by atoms with Crippen molar-refractivity contribution >= 4 is 34.8 Å². The third-order valence-electron chi connectivity index (χ3n) is 2.73. The Labute approximate surface area is 121 Å². The summed E-state index contributed by atoms with van der Waals surface area (Å²) >= 11 is 17.9. The van der Waals surface area contributed by atoms with E-state index in [4.69, 9.17) is 40.5 Å². The number of nitrogens with two attached hydrogens (primary N) is 1. The van der Waals surface area contributed by atoms with E-state index in [-0.39, 0.29) is 6.04 Å². The maximum Gasteiger partial charge on any atom is 0.0595 e. The smallest absolute Gasteiger partial charge is 0.0595 e. The molecule has 2 aromatic rings. The van der Waals surface area contributed by atoms with Crippen molar-refractivity contribution in [1.29, 1.82) is 0 Å². The van der Waals surface area contributed by atoms with E-state index >= 15 is 0 Å². The number of rotatable bonds is 2. The van der Waals surface area contributed by atoms with Gasteiger partial charge in [0.15, 0.2) is 0 Å². The van der Waals surface area contributed by atoms with Crippen LogP contribution in [-0.4, -0.2) is 0 Å². The third-order valence-corrected chi connectivity index (χ3v) is 3.68. The van der Waals surface area contributed by atoms with Crippen LogP contribution < -0.4 is 5.73 Å². The maximum absolute atomic E-state index is 6.21. The molecule has 2 rings (SSSR count). The summed E-state index contributed by atoms with van der Waals surface area (Å²) in [6.45, 7) is 1.98. The minimum absolute atomic E-state index is 0.267. The summed E-state index contributed by atoms with van der Waals surface area (Å²) in [7, 11) is 0. The van der Waals surface area contributed by atoms with Crippen molar-refractivity contribution in [1.82, 2.24) is 0 Å². The summed E-state index contributed by atoms with van der Waals surface area (Å²) in [6, 6.07) is 10.9. The van der Waals surface area contributed by atoms with Crippen molar-refractivity contribution in [3.8, 4) is 0 Å². The Morgan fingerprint density at radius 2 is 1.61 bits per heavy atom. The number of aryl methyl sites for hydroxylation is 1. The lowest BCUT2D eigenvalue weighted by Gasteiger charge is -2.14. The molecule has 18 heavy (non-hydrogen) atoms. The molecule has 0 aliphatic rings. The molecule has 0 spiro atoms. The molecule has 2 aromatic carbocycles. The average Bonchev–Trinajstić information content (AvgIpc) is 2.30. The zero-order chi connectivity index (χ0) is 13.3. The van der Waals surface area contributed by atoms with Crippen LogP contribution in [-0.2, 0) is 0 Å². The summed E-state index contributed by atoms with van der Waals surface area (Å²) < 4.78 is 0. The molecular weight excluding hydrogens is 289 g/mol. The van der Waals surface area contributed by atoms with Gasteiger partial charge in [-0.1, -0.05) is 46.9 Å². The number of benzene rings is 2. The van der Waals surface area contributed by atoms with E-state index in [2.05, 4.69) is 0 Å². The SMILES string of the molecule is Cc1cc(Cl)cc(C(N)c2ccc(Cl)c(Cl)c2)c1. The van der Waals surface area contributed by atoms with E-state index in [0.717, 1.165) is 16.7 Å². The van der Waals surface area contributed by atoms with E-state index in [9.17, 15) is 0 Å².